The Hall–Kier alpha value is -0.980. The van der Waals surface area contributed by atoms with E-state index in [0.717, 1.165) is 55.3 Å². The van der Waals surface area contributed by atoms with Gasteiger partial charge in [0.05, 0.1) is 10.6 Å². The Kier molecular flexibility index (Phi) is 9.91. The monoisotopic (exact) mass is 398 g/mol. The lowest BCUT2D eigenvalue weighted by Crippen LogP contribution is -2.48. The molecule has 0 bridgehead atoms. The van der Waals surface area contributed by atoms with Gasteiger partial charge in [-0.05, 0) is 56.1 Å². The third-order valence-corrected chi connectivity index (χ3v) is 5.72. The Morgan fingerprint density at radius 1 is 1.37 bits per heavy atom. The van der Waals surface area contributed by atoms with Crippen LogP contribution in [-0.2, 0) is 9.53 Å². The number of aliphatic carboxylic acids is 1. The van der Waals surface area contributed by atoms with Crippen LogP contribution in [0, 0.1) is 5.41 Å². The van der Waals surface area contributed by atoms with Crippen LogP contribution in [0.25, 0.3) is 0 Å². The number of ether oxygens (including phenoxy) is 1. The molecule has 0 fully saturated rings. The molecule has 0 radical (unpaired) electrons. The van der Waals surface area contributed by atoms with Crippen molar-refractivity contribution in [2.24, 2.45) is 5.41 Å². The maximum atomic E-state index is 11.9. The highest BCUT2D eigenvalue weighted by Crippen LogP contribution is 2.36. The third-order valence-electron chi connectivity index (χ3n) is 4.72. The number of rotatable bonds is 11. The smallest absolute Gasteiger partial charge is 0.338 e. The largest absolute Gasteiger partial charge is 0.478 e. The van der Waals surface area contributed by atoms with Gasteiger partial charge in [0, 0.05) is 26.8 Å². The van der Waals surface area contributed by atoms with Crippen LogP contribution in [0.3, 0.4) is 0 Å². The normalized spacial score (nSPS) is 18.3. The van der Waals surface area contributed by atoms with Crippen LogP contribution in [-0.4, -0.2) is 66.6 Å². The summed E-state index contributed by atoms with van der Waals surface area (Å²) in [6, 6.07) is 0. The Bertz CT molecular complexity index is 552. The van der Waals surface area contributed by atoms with Crippen molar-refractivity contribution in [3.8, 4) is 0 Å². The Morgan fingerprint density at radius 2 is 2.04 bits per heavy atom. The molecular formula is C21H38N2O3S. The van der Waals surface area contributed by atoms with Crippen LogP contribution in [0.2, 0.25) is 0 Å². The SMILES string of the molecule is CCSC1=C(C(=O)O)C(C)=CC(N(C)CCCOC)N1CCCC(C)(C)C. The quantitative estimate of drug-likeness (QED) is 0.520. The first-order valence-electron chi connectivity index (χ1n) is 9.87. The third kappa shape index (κ3) is 7.51. The van der Waals surface area contributed by atoms with Gasteiger partial charge in [0.25, 0.3) is 0 Å². The summed E-state index contributed by atoms with van der Waals surface area (Å²) in [5.74, 6) is 0.0240. The van der Waals surface area contributed by atoms with Gasteiger partial charge in [-0.3, -0.25) is 4.90 Å². The first-order chi connectivity index (χ1) is 12.6. The minimum Gasteiger partial charge on any atom is -0.478 e. The van der Waals surface area contributed by atoms with Gasteiger partial charge in [-0.25, -0.2) is 4.79 Å². The van der Waals surface area contributed by atoms with E-state index < -0.39 is 5.97 Å². The van der Waals surface area contributed by atoms with Gasteiger partial charge in [-0.2, -0.15) is 0 Å². The molecule has 1 N–H and O–H groups in total. The number of nitrogens with zero attached hydrogens (tertiary/aromatic N) is 2. The number of carboxylic acid groups (broad SMARTS) is 1. The molecule has 1 aliphatic rings. The fourth-order valence-corrected chi connectivity index (χ4v) is 4.38. The molecule has 1 rings (SSSR count). The molecule has 27 heavy (non-hydrogen) atoms. The number of likely N-dealkylation sites (N-methyl/N-ethyl adjacent to an activating group) is 1. The molecule has 0 amide bonds. The highest BCUT2D eigenvalue weighted by Gasteiger charge is 2.32. The van der Waals surface area contributed by atoms with Gasteiger partial charge in [0.2, 0.25) is 0 Å². The highest BCUT2D eigenvalue weighted by atomic mass is 32.2. The van der Waals surface area contributed by atoms with Crippen molar-refractivity contribution in [1.29, 1.82) is 0 Å². The van der Waals surface area contributed by atoms with Gasteiger partial charge in [0.1, 0.15) is 6.17 Å². The first-order valence-corrected chi connectivity index (χ1v) is 10.9. The van der Waals surface area contributed by atoms with Gasteiger partial charge < -0.3 is 14.7 Å². The minimum atomic E-state index is -0.832. The molecule has 0 spiro atoms. The predicted molar refractivity (Wildman–Crippen MR) is 115 cm³/mol. The molecule has 0 saturated heterocycles. The zero-order valence-corrected chi connectivity index (χ0v) is 19.0. The van der Waals surface area contributed by atoms with E-state index in [9.17, 15) is 9.90 Å². The van der Waals surface area contributed by atoms with Crippen LogP contribution in [0.15, 0.2) is 22.3 Å². The van der Waals surface area contributed by atoms with Crippen molar-refractivity contribution in [1.82, 2.24) is 9.80 Å². The second-order valence-electron chi connectivity index (χ2n) is 8.37. The molecule has 0 saturated carbocycles. The lowest BCUT2D eigenvalue weighted by Gasteiger charge is -2.42. The van der Waals surface area contributed by atoms with E-state index in [1.807, 2.05) is 6.92 Å². The average molecular weight is 399 g/mol. The van der Waals surface area contributed by atoms with Crippen molar-refractivity contribution < 1.29 is 14.6 Å². The number of thioether (sulfide) groups is 1. The molecule has 0 aromatic rings. The molecule has 6 heteroatoms. The van der Waals surface area contributed by atoms with Crippen molar-refractivity contribution in [3.63, 3.8) is 0 Å². The summed E-state index contributed by atoms with van der Waals surface area (Å²) in [6.07, 6.45) is 5.29. The van der Waals surface area contributed by atoms with Crippen LogP contribution in [0.4, 0.5) is 0 Å². The number of hydrogen-bond donors (Lipinski definition) is 1. The molecule has 0 aliphatic carbocycles. The molecule has 1 unspecified atom stereocenters. The fourth-order valence-electron chi connectivity index (χ4n) is 3.35. The molecule has 1 aliphatic heterocycles. The minimum absolute atomic E-state index is 0.0824. The van der Waals surface area contributed by atoms with Gasteiger partial charge in [-0.15, -0.1) is 11.8 Å². The highest BCUT2D eigenvalue weighted by molar-refractivity contribution is 8.03. The molecule has 1 atom stereocenters. The van der Waals surface area contributed by atoms with Crippen LogP contribution in [0.1, 0.15) is 53.9 Å². The van der Waals surface area contributed by atoms with Gasteiger partial charge in [-0.1, -0.05) is 27.7 Å². The molecular weight excluding hydrogens is 360 g/mol. The van der Waals surface area contributed by atoms with E-state index in [1.165, 1.54) is 0 Å². The standard InChI is InChI=1S/C21H38N2O3S/c1-8-27-19-18(20(24)25)16(2)15-17(22(6)12-10-14-26-7)23(19)13-9-11-21(3,4)5/h15,17H,8-14H2,1-7H3,(H,24,25). The van der Waals surface area contributed by atoms with Crippen molar-refractivity contribution >= 4 is 17.7 Å². The zero-order valence-electron chi connectivity index (χ0n) is 18.2. The second kappa shape index (κ2) is 11.1. The Labute approximate surface area is 169 Å². The van der Waals surface area contributed by atoms with Crippen molar-refractivity contribution in [3.05, 3.63) is 22.3 Å². The Balaban J connectivity index is 3.13. The molecule has 0 aromatic heterocycles. The first kappa shape index (κ1) is 24.1. The summed E-state index contributed by atoms with van der Waals surface area (Å²) in [6.45, 7) is 13.3. The van der Waals surface area contributed by atoms with E-state index in [-0.39, 0.29) is 11.6 Å². The van der Waals surface area contributed by atoms with Crippen molar-refractivity contribution in [2.75, 3.05) is 39.6 Å². The summed E-state index contributed by atoms with van der Waals surface area (Å²) >= 11 is 1.64. The van der Waals surface area contributed by atoms with E-state index in [1.54, 1.807) is 18.9 Å². The maximum Gasteiger partial charge on any atom is 0.338 e. The van der Waals surface area contributed by atoms with E-state index in [4.69, 9.17) is 4.74 Å². The molecule has 5 nitrogen and oxygen atoms in total. The van der Waals surface area contributed by atoms with Crippen molar-refractivity contribution in [2.45, 2.75) is 60.0 Å². The van der Waals surface area contributed by atoms with Crippen LogP contribution < -0.4 is 0 Å². The molecule has 0 aromatic carbocycles. The number of hydrogen-bond acceptors (Lipinski definition) is 5. The predicted octanol–water partition coefficient (Wildman–Crippen LogP) is 4.42. The van der Waals surface area contributed by atoms with E-state index in [2.05, 4.69) is 50.6 Å². The van der Waals surface area contributed by atoms with Crippen LogP contribution >= 0.6 is 11.8 Å². The summed E-state index contributed by atoms with van der Waals surface area (Å²) in [4.78, 5) is 16.5. The summed E-state index contributed by atoms with van der Waals surface area (Å²) in [5, 5.41) is 10.7. The summed E-state index contributed by atoms with van der Waals surface area (Å²) < 4.78 is 5.19. The number of carbonyl (C=O) groups is 1. The number of carboxylic acids is 1. The fraction of sp³-hybridized carbons (Fsp3) is 0.762. The lowest BCUT2D eigenvalue weighted by molar-refractivity contribution is -0.132. The van der Waals surface area contributed by atoms with Crippen LogP contribution in [0.5, 0.6) is 0 Å². The summed E-state index contributed by atoms with van der Waals surface area (Å²) in [7, 11) is 3.84. The zero-order chi connectivity index (χ0) is 20.6. The average Bonchev–Trinajstić information content (AvgIpc) is 2.55. The topological polar surface area (TPSA) is 53.0 Å². The second-order valence-corrected chi connectivity index (χ2v) is 9.62. The van der Waals surface area contributed by atoms with Gasteiger partial charge in [0.15, 0.2) is 0 Å². The van der Waals surface area contributed by atoms with E-state index in [0.29, 0.717) is 5.57 Å². The lowest BCUT2D eigenvalue weighted by atomic mass is 9.90. The Morgan fingerprint density at radius 3 is 2.56 bits per heavy atom. The molecule has 156 valence electrons. The van der Waals surface area contributed by atoms with E-state index >= 15 is 0 Å². The number of methoxy groups -OCH3 is 1. The molecule has 1 heterocycles. The maximum absolute atomic E-state index is 11.9. The van der Waals surface area contributed by atoms with Gasteiger partial charge >= 0.3 is 5.97 Å². The summed E-state index contributed by atoms with van der Waals surface area (Å²) in [5.41, 5.74) is 1.59.